The van der Waals surface area contributed by atoms with Crippen LogP contribution in [0.5, 0.6) is 0 Å². The van der Waals surface area contributed by atoms with E-state index in [0.29, 0.717) is 33.7 Å². The predicted octanol–water partition coefficient (Wildman–Crippen LogP) is 3.88. The average Bonchev–Trinajstić information content (AvgIpc) is 3.11. The molecule has 9 heteroatoms. The molecule has 0 unspecified atom stereocenters. The number of aryl methyl sites for hydroxylation is 4. The van der Waals surface area contributed by atoms with E-state index in [2.05, 4.69) is 10.3 Å². The Morgan fingerprint density at radius 3 is 2.35 bits per heavy atom. The SMILES string of the molecule is Cc1ccc(N2C(=O)C(=Cc3cc(C)n(-n4c(C)nc5ccccc5c4=O)c3C)C(=O)NC2=S)cc1C. The fraction of sp³-hybridized carbons (Fsp3) is 0.179. The molecule has 3 heterocycles. The number of rotatable bonds is 3. The van der Waals surface area contributed by atoms with Crippen LogP contribution in [0.15, 0.2) is 58.9 Å². The van der Waals surface area contributed by atoms with Gasteiger partial charge in [0.1, 0.15) is 11.4 Å². The number of fused-ring (bicyclic) bond motifs is 1. The Morgan fingerprint density at radius 1 is 0.892 bits per heavy atom. The molecule has 2 amide bonds. The molecule has 0 bridgehead atoms. The number of nitrogens with zero attached hydrogens (tertiary/aromatic N) is 4. The maximum Gasteiger partial charge on any atom is 0.280 e. The van der Waals surface area contributed by atoms with Crippen LogP contribution in [0.3, 0.4) is 0 Å². The maximum absolute atomic E-state index is 13.5. The molecule has 0 atom stereocenters. The smallest absolute Gasteiger partial charge is 0.280 e. The van der Waals surface area contributed by atoms with Crippen LogP contribution in [-0.4, -0.2) is 31.3 Å². The van der Waals surface area contributed by atoms with Crippen molar-refractivity contribution in [2.24, 2.45) is 0 Å². The van der Waals surface area contributed by atoms with Crippen LogP contribution in [0.2, 0.25) is 0 Å². The Hall–Kier alpha value is -4.37. The van der Waals surface area contributed by atoms with E-state index in [1.165, 1.54) is 9.58 Å². The van der Waals surface area contributed by atoms with Gasteiger partial charge in [0.25, 0.3) is 17.4 Å². The summed E-state index contributed by atoms with van der Waals surface area (Å²) in [5.74, 6) is -0.564. The van der Waals surface area contributed by atoms with Gasteiger partial charge in [-0.05, 0) is 99.9 Å². The first-order valence-electron chi connectivity index (χ1n) is 11.7. The molecular formula is C28H25N5O3S. The van der Waals surface area contributed by atoms with Crippen LogP contribution in [0.4, 0.5) is 5.69 Å². The minimum Gasteiger partial charge on any atom is -0.298 e. The fourth-order valence-electron chi connectivity index (χ4n) is 4.61. The van der Waals surface area contributed by atoms with E-state index in [1.54, 1.807) is 41.9 Å². The number of amides is 2. The summed E-state index contributed by atoms with van der Waals surface area (Å²) in [6.45, 7) is 9.39. The number of nitrogens with one attached hydrogen (secondary N) is 1. The van der Waals surface area contributed by atoms with Gasteiger partial charge < -0.3 is 0 Å². The largest absolute Gasteiger partial charge is 0.298 e. The number of aromatic nitrogens is 3. The van der Waals surface area contributed by atoms with Gasteiger partial charge in [0.15, 0.2) is 5.11 Å². The molecule has 8 nitrogen and oxygen atoms in total. The summed E-state index contributed by atoms with van der Waals surface area (Å²) in [7, 11) is 0. The van der Waals surface area contributed by atoms with Crippen molar-refractivity contribution in [2.75, 3.05) is 4.90 Å². The second-order valence-corrected chi connectivity index (χ2v) is 9.54. The lowest BCUT2D eigenvalue weighted by Crippen LogP contribution is -2.54. The number of anilines is 1. The Labute approximate surface area is 218 Å². The summed E-state index contributed by atoms with van der Waals surface area (Å²) in [6, 6.07) is 14.6. The molecule has 2 aromatic carbocycles. The van der Waals surface area contributed by atoms with E-state index in [9.17, 15) is 14.4 Å². The minimum absolute atomic E-state index is 0.0327. The van der Waals surface area contributed by atoms with Gasteiger partial charge >= 0.3 is 0 Å². The third kappa shape index (κ3) is 3.97. The average molecular weight is 512 g/mol. The number of para-hydroxylation sites is 1. The summed E-state index contributed by atoms with van der Waals surface area (Å²) in [4.78, 5) is 45.7. The highest BCUT2D eigenvalue weighted by Gasteiger charge is 2.35. The Balaban J connectivity index is 1.62. The van der Waals surface area contributed by atoms with Crippen molar-refractivity contribution in [3.63, 3.8) is 0 Å². The van der Waals surface area contributed by atoms with Crippen molar-refractivity contribution >= 4 is 51.8 Å². The number of carbonyl (C=O) groups excluding carboxylic acids is 2. The normalized spacial score (nSPS) is 15.1. The zero-order valence-electron chi connectivity index (χ0n) is 21.1. The molecule has 4 aromatic rings. The van der Waals surface area contributed by atoms with Crippen molar-refractivity contribution in [1.82, 2.24) is 19.7 Å². The number of hydrogen-bond acceptors (Lipinski definition) is 5. The van der Waals surface area contributed by atoms with E-state index in [0.717, 1.165) is 16.8 Å². The molecule has 1 saturated heterocycles. The number of hydrogen-bond donors (Lipinski definition) is 1. The summed E-state index contributed by atoms with van der Waals surface area (Å²) < 4.78 is 3.26. The molecule has 1 N–H and O–H groups in total. The van der Waals surface area contributed by atoms with Crippen LogP contribution in [0, 0.1) is 34.6 Å². The van der Waals surface area contributed by atoms with E-state index in [4.69, 9.17) is 12.2 Å². The van der Waals surface area contributed by atoms with Gasteiger partial charge in [-0.2, -0.15) is 4.68 Å². The van der Waals surface area contributed by atoms with Gasteiger partial charge in [0, 0.05) is 11.4 Å². The molecule has 1 aliphatic heterocycles. The van der Waals surface area contributed by atoms with Crippen molar-refractivity contribution in [3.05, 3.63) is 98.4 Å². The predicted molar refractivity (Wildman–Crippen MR) is 148 cm³/mol. The molecule has 0 saturated carbocycles. The van der Waals surface area contributed by atoms with Gasteiger partial charge in [-0.15, -0.1) is 0 Å². The van der Waals surface area contributed by atoms with Gasteiger partial charge in [0.05, 0.1) is 16.6 Å². The van der Waals surface area contributed by atoms with Crippen molar-refractivity contribution in [2.45, 2.75) is 34.6 Å². The highest BCUT2D eigenvalue weighted by molar-refractivity contribution is 7.80. The van der Waals surface area contributed by atoms with Gasteiger partial charge in [-0.25, -0.2) is 4.98 Å². The van der Waals surface area contributed by atoms with Crippen LogP contribution >= 0.6 is 12.2 Å². The third-order valence-corrected chi connectivity index (χ3v) is 6.98. The first kappa shape index (κ1) is 24.3. The molecule has 1 fully saturated rings. The molecule has 0 radical (unpaired) electrons. The molecule has 0 aliphatic carbocycles. The highest BCUT2D eigenvalue weighted by Crippen LogP contribution is 2.26. The van der Waals surface area contributed by atoms with E-state index in [-0.39, 0.29) is 16.2 Å². The third-order valence-electron chi connectivity index (χ3n) is 6.70. The van der Waals surface area contributed by atoms with Crippen LogP contribution in [0.25, 0.3) is 17.0 Å². The molecule has 1 aliphatic rings. The Morgan fingerprint density at radius 2 is 1.62 bits per heavy atom. The van der Waals surface area contributed by atoms with Crippen molar-refractivity contribution < 1.29 is 9.59 Å². The zero-order valence-corrected chi connectivity index (χ0v) is 21.9. The quantitative estimate of drug-likeness (QED) is 0.256. The summed E-state index contributed by atoms with van der Waals surface area (Å²) in [6.07, 6.45) is 1.54. The van der Waals surface area contributed by atoms with Crippen molar-refractivity contribution in [3.8, 4) is 0 Å². The molecule has 5 rings (SSSR count). The number of thiocarbonyl (C=S) groups is 1. The topological polar surface area (TPSA) is 89.2 Å². The minimum atomic E-state index is -0.569. The molecule has 2 aromatic heterocycles. The number of benzene rings is 2. The van der Waals surface area contributed by atoms with Crippen LogP contribution in [-0.2, 0) is 9.59 Å². The lowest BCUT2D eigenvalue weighted by molar-refractivity contribution is -0.122. The molecular weight excluding hydrogens is 486 g/mol. The van der Waals surface area contributed by atoms with E-state index in [1.807, 2.05) is 52.0 Å². The molecule has 0 spiro atoms. The van der Waals surface area contributed by atoms with Crippen LogP contribution < -0.4 is 15.8 Å². The lowest BCUT2D eigenvalue weighted by atomic mass is 10.1. The molecule has 37 heavy (non-hydrogen) atoms. The van der Waals surface area contributed by atoms with Gasteiger partial charge in [-0.1, -0.05) is 18.2 Å². The van der Waals surface area contributed by atoms with Crippen LogP contribution in [0.1, 0.15) is 33.9 Å². The standard InChI is InChI=1S/C28H25N5O3S/c1-15-10-11-21(12-16(15)2)31-26(35)23(25(34)30-28(31)37)14-20-13-17(3)32(18(20)4)33-19(5)29-24-9-7-6-8-22(24)27(33)36/h6-14H,1-5H3,(H,30,34,37). The maximum atomic E-state index is 13.5. The highest BCUT2D eigenvalue weighted by atomic mass is 32.1. The fourth-order valence-corrected chi connectivity index (χ4v) is 4.89. The number of carbonyl (C=O) groups is 2. The summed E-state index contributed by atoms with van der Waals surface area (Å²) >= 11 is 5.34. The second-order valence-electron chi connectivity index (χ2n) is 9.16. The molecule has 186 valence electrons. The first-order chi connectivity index (χ1) is 17.6. The van der Waals surface area contributed by atoms with E-state index < -0.39 is 11.8 Å². The van der Waals surface area contributed by atoms with Gasteiger partial charge in [0.2, 0.25) is 0 Å². The Kier molecular flexibility index (Phi) is 5.88. The zero-order chi connectivity index (χ0) is 26.6. The Bertz CT molecular complexity index is 1740. The van der Waals surface area contributed by atoms with E-state index >= 15 is 0 Å². The van der Waals surface area contributed by atoms with Crippen molar-refractivity contribution in [1.29, 1.82) is 0 Å². The van der Waals surface area contributed by atoms with Gasteiger partial charge in [-0.3, -0.25) is 29.3 Å². The second kappa shape index (κ2) is 8.94. The summed E-state index contributed by atoms with van der Waals surface area (Å²) in [5.41, 5.74) is 5.09. The summed E-state index contributed by atoms with van der Waals surface area (Å²) in [5, 5.41) is 3.16. The lowest BCUT2D eigenvalue weighted by Gasteiger charge is -2.29. The monoisotopic (exact) mass is 511 g/mol. The first-order valence-corrected chi connectivity index (χ1v) is 12.2.